The van der Waals surface area contributed by atoms with Crippen molar-refractivity contribution in [2.24, 2.45) is 5.73 Å². The highest BCUT2D eigenvalue weighted by molar-refractivity contribution is 9.10. The van der Waals surface area contributed by atoms with E-state index in [-0.39, 0.29) is 0 Å². The summed E-state index contributed by atoms with van der Waals surface area (Å²) in [7, 11) is 0. The van der Waals surface area contributed by atoms with Gasteiger partial charge in [0.2, 0.25) is 0 Å². The molecule has 0 unspecified atom stereocenters. The lowest BCUT2D eigenvalue weighted by Crippen LogP contribution is -2.03. The van der Waals surface area contributed by atoms with Crippen LogP contribution in [0, 0.1) is 0 Å². The molecule has 1 aromatic carbocycles. The van der Waals surface area contributed by atoms with Gasteiger partial charge in [-0.05, 0) is 46.6 Å². The highest BCUT2D eigenvalue weighted by Crippen LogP contribution is 2.26. The Labute approximate surface area is 103 Å². The summed E-state index contributed by atoms with van der Waals surface area (Å²) in [6.45, 7) is 4.52. The van der Waals surface area contributed by atoms with Crippen molar-refractivity contribution < 1.29 is 4.74 Å². The highest BCUT2D eigenvalue weighted by Gasteiger charge is 2.02. The van der Waals surface area contributed by atoms with E-state index < -0.39 is 0 Å². The highest BCUT2D eigenvalue weighted by atomic mass is 79.9. The van der Waals surface area contributed by atoms with E-state index in [9.17, 15) is 0 Å². The molecule has 0 spiro atoms. The van der Waals surface area contributed by atoms with Gasteiger partial charge in [0.25, 0.3) is 0 Å². The third-order valence-electron chi connectivity index (χ3n) is 1.81. The summed E-state index contributed by atoms with van der Waals surface area (Å²) in [6.07, 6.45) is 0.862. The van der Waals surface area contributed by atoms with Gasteiger partial charge in [-0.2, -0.15) is 0 Å². The molecule has 0 saturated heterocycles. The van der Waals surface area contributed by atoms with Crippen molar-refractivity contribution in [2.75, 3.05) is 13.2 Å². The Morgan fingerprint density at radius 1 is 1.53 bits per heavy atom. The van der Waals surface area contributed by atoms with Crippen LogP contribution in [-0.4, -0.2) is 13.2 Å². The molecule has 0 radical (unpaired) electrons. The van der Waals surface area contributed by atoms with Gasteiger partial charge >= 0.3 is 0 Å². The summed E-state index contributed by atoms with van der Waals surface area (Å²) in [5, 5.41) is 0.480. The van der Waals surface area contributed by atoms with Crippen LogP contribution in [0.5, 0.6) is 5.75 Å². The quantitative estimate of drug-likeness (QED) is 0.904. The number of halogens is 2. The Hall–Kier alpha value is -0.510. The van der Waals surface area contributed by atoms with Crippen LogP contribution in [0.3, 0.4) is 0 Å². The average molecular weight is 291 g/mol. The van der Waals surface area contributed by atoms with E-state index in [1.807, 2.05) is 18.2 Å². The summed E-state index contributed by atoms with van der Waals surface area (Å²) in [5.74, 6) is 0.762. The summed E-state index contributed by atoms with van der Waals surface area (Å²) in [4.78, 5) is 0. The number of hydrogen-bond donors (Lipinski definition) is 1. The van der Waals surface area contributed by atoms with Gasteiger partial charge in [0.15, 0.2) is 0 Å². The van der Waals surface area contributed by atoms with E-state index in [1.165, 1.54) is 5.56 Å². The Bertz CT molecular complexity index is 354. The lowest BCUT2D eigenvalue weighted by Gasteiger charge is -2.08. The number of benzene rings is 1. The molecule has 0 saturated carbocycles. The third-order valence-corrected chi connectivity index (χ3v) is 2.54. The van der Waals surface area contributed by atoms with Crippen LogP contribution in [0.4, 0.5) is 0 Å². The van der Waals surface area contributed by atoms with Crippen LogP contribution < -0.4 is 10.5 Å². The largest absolute Gasteiger partial charge is 0.487 e. The molecule has 2 N–H and O–H groups in total. The number of ether oxygens (including phenoxy) is 1. The normalized spacial score (nSPS) is 10.1. The van der Waals surface area contributed by atoms with Gasteiger partial charge in [-0.3, -0.25) is 0 Å². The van der Waals surface area contributed by atoms with Crippen LogP contribution in [-0.2, 0) is 6.42 Å². The summed E-state index contributed by atoms with van der Waals surface area (Å²) in [5.41, 5.74) is 6.65. The Balaban J connectivity index is 2.70. The van der Waals surface area contributed by atoms with E-state index >= 15 is 0 Å². The van der Waals surface area contributed by atoms with E-state index in [0.29, 0.717) is 18.2 Å². The van der Waals surface area contributed by atoms with Crippen LogP contribution in [0.25, 0.3) is 0 Å². The monoisotopic (exact) mass is 289 g/mol. The maximum absolute atomic E-state index is 5.61. The number of rotatable bonds is 5. The van der Waals surface area contributed by atoms with Crippen LogP contribution in [0.1, 0.15) is 5.56 Å². The zero-order valence-corrected chi connectivity index (χ0v) is 10.6. The van der Waals surface area contributed by atoms with E-state index in [2.05, 4.69) is 22.5 Å². The van der Waals surface area contributed by atoms with E-state index in [0.717, 1.165) is 16.6 Å². The van der Waals surface area contributed by atoms with Crippen LogP contribution in [0.15, 0.2) is 34.3 Å². The van der Waals surface area contributed by atoms with Crippen molar-refractivity contribution >= 4 is 27.5 Å². The van der Waals surface area contributed by atoms with Crippen molar-refractivity contribution in [3.05, 3.63) is 39.8 Å². The van der Waals surface area contributed by atoms with Crippen LogP contribution >= 0.6 is 27.5 Å². The molecule has 0 aliphatic rings. The fourth-order valence-corrected chi connectivity index (χ4v) is 1.73. The fraction of sp³-hybridized carbons (Fsp3) is 0.273. The Morgan fingerprint density at radius 2 is 2.27 bits per heavy atom. The van der Waals surface area contributed by atoms with Crippen molar-refractivity contribution in [3.63, 3.8) is 0 Å². The smallest absolute Gasteiger partial charge is 0.134 e. The first-order chi connectivity index (χ1) is 7.13. The molecule has 0 aromatic heterocycles. The first-order valence-corrected chi connectivity index (χ1v) is 5.75. The molecule has 0 aliphatic carbocycles. The predicted octanol–water partition coefficient (Wildman–Crippen LogP) is 3.08. The zero-order chi connectivity index (χ0) is 11.3. The first-order valence-electron chi connectivity index (χ1n) is 4.58. The minimum absolute atomic E-state index is 0.316. The second-order valence-corrected chi connectivity index (χ2v) is 4.50. The molecular formula is C11H13BrClNO. The second-order valence-electron chi connectivity index (χ2n) is 3.11. The zero-order valence-electron chi connectivity index (χ0n) is 8.30. The molecule has 82 valence electrons. The minimum Gasteiger partial charge on any atom is -0.487 e. The standard InChI is InChI=1S/C11H13BrClNO/c1-8(13)7-15-11-3-2-9(4-5-14)6-10(11)12/h2-3,6H,1,4-5,7,14H2. The molecular weight excluding hydrogens is 277 g/mol. The van der Waals surface area contributed by atoms with Crippen LogP contribution in [0.2, 0.25) is 0 Å². The maximum Gasteiger partial charge on any atom is 0.134 e. The molecule has 1 aromatic rings. The number of hydrogen-bond acceptors (Lipinski definition) is 2. The molecule has 2 nitrogen and oxygen atoms in total. The maximum atomic E-state index is 5.61. The van der Waals surface area contributed by atoms with Gasteiger partial charge in [0.05, 0.1) is 4.47 Å². The molecule has 4 heteroatoms. The summed E-state index contributed by atoms with van der Waals surface area (Å²) < 4.78 is 6.33. The van der Waals surface area contributed by atoms with Gasteiger partial charge in [0, 0.05) is 5.03 Å². The summed E-state index contributed by atoms with van der Waals surface area (Å²) >= 11 is 9.04. The second kappa shape index (κ2) is 6.16. The molecule has 0 aliphatic heterocycles. The van der Waals surface area contributed by atoms with Gasteiger partial charge in [-0.1, -0.05) is 24.2 Å². The van der Waals surface area contributed by atoms with Gasteiger partial charge in [-0.15, -0.1) is 0 Å². The van der Waals surface area contributed by atoms with E-state index in [4.69, 9.17) is 22.1 Å². The Kier molecular flexibility index (Phi) is 5.15. The van der Waals surface area contributed by atoms with Gasteiger partial charge in [-0.25, -0.2) is 0 Å². The van der Waals surface area contributed by atoms with Crippen molar-refractivity contribution in [1.82, 2.24) is 0 Å². The fourth-order valence-electron chi connectivity index (χ4n) is 1.14. The lowest BCUT2D eigenvalue weighted by molar-refractivity contribution is 0.357. The molecule has 15 heavy (non-hydrogen) atoms. The molecule has 0 amide bonds. The summed E-state index contributed by atoms with van der Waals surface area (Å²) in [6, 6.07) is 5.89. The molecule has 1 rings (SSSR count). The third kappa shape index (κ3) is 4.24. The molecule has 0 heterocycles. The Morgan fingerprint density at radius 3 is 2.80 bits per heavy atom. The van der Waals surface area contributed by atoms with Gasteiger partial charge < -0.3 is 10.5 Å². The van der Waals surface area contributed by atoms with Crippen molar-refractivity contribution in [2.45, 2.75) is 6.42 Å². The minimum atomic E-state index is 0.316. The number of nitrogens with two attached hydrogens (primary N) is 1. The first kappa shape index (κ1) is 12.6. The molecule has 0 fully saturated rings. The van der Waals surface area contributed by atoms with Gasteiger partial charge in [0.1, 0.15) is 12.4 Å². The van der Waals surface area contributed by atoms with E-state index in [1.54, 1.807) is 0 Å². The molecule has 0 bridgehead atoms. The van der Waals surface area contributed by atoms with Crippen molar-refractivity contribution in [1.29, 1.82) is 0 Å². The van der Waals surface area contributed by atoms with Crippen molar-refractivity contribution in [3.8, 4) is 5.75 Å². The molecule has 0 atom stereocenters. The predicted molar refractivity (Wildman–Crippen MR) is 67.4 cm³/mol. The SMILES string of the molecule is C=C(Cl)COc1ccc(CCN)cc1Br. The average Bonchev–Trinajstić information content (AvgIpc) is 2.17. The topological polar surface area (TPSA) is 35.2 Å². The lowest BCUT2D eigenvalue weighted by atomic mass is 10.1.